The topological polar surface area (TPSA) is 37.8 Å². The summed E-state index contributed by atoms with van der Waals surface area (Å²) in [7, 11) is 0. The van der Waals surface area contributed by atoms with Crippen molar-refractivity contribution >= 4 is 0 Å². The van der Waals surface area contributed by atoms with Crippen LogP contribution in [0.25, 0.3) is 0 Å². The Bertz CT molecular complexity index is 334. The second-order valence-electron chi connectivity index (χ2n) is 4.79. The summed E-state index contributed by atoms with van der Waals surface area (Å²) in [5.41, 5.74) is 2.11. The molecule has 0 amide bonds. The van der Waals surface area contributed by atoms with Crippen LogP contribution in [0.2, 0.25) is 0 Å². The van der Waals surface area contributed by atoms with Crippen LogP contribution >= 0.6 is 0 Å². The van der Waals surface area contributed by atoms with Gasteiger partial charge in [-0.25, -0.2) is 0 Å². The van der Waals surface area contributed by atoms with Crippen LogP contribution in [0.15, 0.2) is 12.4 Å². The zero-order valence-electron chi connectivity index (χ0n) is 10.2. The maximum atomic E-state index is 4.38. The Morgan fingerprint density at radius 1 is 1.38 bits per heavy atom. The summed E-state index contributed by atoms with van der Waals surface area (Å²) < 4.78 is 0. The van der Waals surface area contributed by atoms with Gasteiger partial charge in [0, 0.05) is 18.4 Å². The molecule has 1 fully saturated rings. The molecule has 1 heterocycles. The molecule has 1 atom stereocenters. The molecule has 0 spiro atoms. The third-order valence-corrected chi connectivity index (χ3v) is 3.27. The molecule has 1 N–H and O–H groups in total. The molecule has 1 unspecified atom stereocenters. The van der Waals surface area contributed by atoms with Crippen LogP contribution in [0.1, 0.15) is 50.0 Å². The van der Waals surface area contributed by atoms with Gasteiger partial charge in [0.2, 0.25) is 0 Å². The van der Waals surface area contributed by atoms with Crippen molar-refractivity contribution in [1.82, 2.24) is 15.3 Å². The van der Waals surface area contributed by atoms with Crippen LogP contribution in [0.5, 0.6) is 0 Å². The summed E-state index contributed by atoms with van der Waals surface area (Å²) in [5.74, 6) is 1.04. The molecule has 0 bridgehead atoms. The van der Waals surface area contributed by atoms with E-state index in [1.165, 1.54) is 25.7 Å². The fourth-order valence-electron chi connectivity index (χ4n) is 2.06. The lowest BCUT2D eigenvalue weighted by molar-refractivity contribution is 0.521. The number of rotatable bonds is 6. The molecule has 0 radical (unpaired) electrons. The van der Waals surface area contributed by atoms with Crippen molar-refractivity contribution in [1.29, 1.82) is 0 Å². The molecule has 0 saturated heterocycles. The van der Waals surface area contributed by atoms with Gasteiger partial charge in [-0.15, -0.1) is 0 Å². The average Bonchev–Trinajstić information content (AvgIpc) is 3.08. The Hall–Kier alpha value is -0.960. The van der Waals surface area contributed by atoms with Gasteiger partial charge in [0.1, 0.15) is 0 Å². The van der Waals surface area contributed by atoms with Crippen LogP contribution in [-0.2, 0) is 0 Å². The Labute approximate surface area is 97.7 Å². The predicted molar refractivity (Wildman–Crippen MR) is 65.1 cm³/mol. The minimum atomic E-state index is 0.313. The van der Waals surface area contributed by atoms with E-state index in [1.807, 2.05) is 6.92 Å². The van der Waals surface area contributed by atoms with Crippen LogP contribution in [0.3, 0.4) is 0 Å². The van der Waals surface area contributed by atoms with Crippen LogP contribution in [0, 0.1) is 12.8 Å². The molecule has 1 aromatic rings. The largest absolute Gasteiger partial charge is 0.309 e. The minimum absolute atomic E-state index is 0.313. The van der Waals surface area contributed by atoms with Gasteiger partial charge in [0.25, 0.3) is 0 Å². The molecular weight excluding hydrogens is 198 g/mol. The van der Waals surface area contributed by atoms with Gasteiger partial charge in [-0.1, -0.05) is 12.8 Å². The van der Waals surface area contributed by atoms with Crippen LogP contribution in [-0.4, -0.2) is 16.5 Å². The van der Waals surface area contributed by atoms with E-state index in [4.69, 9.17) is 0 Å². The first-order chi connectivity index (χ1) is 7.77. The number of aromatic nitrogens is 2. The SMILES string of the molecule is Cc1nccnc1C(C)NCCCC1CC1. The first-order valence-electron chi connectivity index (χ1n) is 6.28. The highest BCUT2D eigenvalue weighted by Crippen LogP contribution is 2.33. The quantitative estimate of drug-likeness (QED) is 0.747. The molecule has 2 rings (SSSR count). The zero-order valence-corrected chi connectivity index (χ0v) is 10.2. The minimum Gasteiger partial charge on any atom is -0.309 e. The first kappa shape index (κ1) is 11.5. The lowest BCUT2D eigenvalue weighted by Gasteiger charge is -2.14. The van der Waals surface area contributed by atoms with Gasteiger partial charge in [0.05, 0.1) is 11.4 Å². The summed E-state index contributed by atoms with van der Waals surface area (Å²) in [6.45, 7) is 5.27. The molecule has 1 aliphatic rings. The van der Waals surface area contributed by atoms with E-state index in [0.29, 0.717) is 6.04 Å². The standard InChI is InChI=1S/C13H21N3/c1-10(13-11(2)15-8-9-16-13)14-7-3-4-12-5-6-12/h8-10,12,14H,3-7H2,1-2H3. The van der Waals surface area contributed by atoms with E-state index in [9.17, 15) is 0 Å². The van der Waals surface area contributed by atoms with Crippen molar-refractivity contribution < 1.29 is 0 Å². The van der Waals surface area contributed by atoms with Crippen molar-refractivity contribution in [2.75, 3.05) is 6.54 Å². The van der Waals surface area contributed by atoms with Crippen molar-refractivity contribution in [2.24, 2.45) is 5.92 Å². The maximum Gasteiger partial charge on any atom is 0.0782 e. The van der Waals surface area contributed by atoms with Crippen molar-refractivity contribution in [2.45, 2.75) is 45.6 Å². The zero-order chi connectivity index (χ0) is 11.4. The molecular formula is C13H21N3. The highest BCUT2D eigenvalue weighted by molar-refractivity contribution is 5.12. The van der Waals surface area contributed by atoms with E-state index >= 15 is 0 Å². The van der Waals surface area contributed by atoms with Gasteiger partial charge in [0.15, 0.2) is 0 Å². The molecule has 88 valence electrons. The number of nitrogens with zero attached hydrogens (tertiary/aromatic N) is 2. The molecule has 16 heavy (non-hydrogen) atoms. The van der Waals surface area contributed by atoms with Gasteiger partial charge in [-0.05, 0) is 39.2 Å². The highest BCUT2D eigenvalue weighted by Gasteiger charge is 2.20. The summed E-state index contributed by atoms with van der Waals surface area (Å²) in [6.07, 6.45) is 9.11. The van der Waals surface area contributed by atoms with Crippen molar-refractivity contribution in [3.63, 3.8) is 0 Å². The first-order valence-corrected chi connectivity index (χ1v) is 6.28. The number of hydrogen-bond donors (Lipinski definition) is 1. The van der Waals surface area contributed by atoms with E-state index in [1.54, 1.807) is 12.4 Å². The van der Waals surface area contributed by atoms with Crippen LogP contribution in [0.4, 0.5) is 0 Å². The van der Waals surface area contributed by atoms with E-state index in [2.05, 4.69) is 22.2 Å². The van der Waals surface area contributed by atoms with Crippen molar-refractivity contribution in [3.8, 4) is 0 Å². The van der Waals surface area contributed by atoms with E-state index in [0.717, 1.165) is 23.9 Å². The maximum absolute atomic E-state index is 4.38. The smallest absolute Gasteiger partial charge is 0.0782 e. The molecule has 1 saturated carbocycles. The summed E-state index contributed by atoms with van der Waals surface area (Å²) in [6, 6.07) is 0.313. The van der Waals surface area contributed by atoms with Crippen molar-refractivity contribution in [3.05, 3.63) is 23.8 Å². The lowest BCUT2D eigenvalue weighted by Crippen LogP contribution is -2.22. The van der Waals surface area contributed by atoms with Gasteiger partial charge < -0.3 is 5.32 Å². The Morgan fingerprint density at radius 2 is 2.12 bits per heavy atom. The molecule has 1 aliphatic carbocycles. The van der Waals surface area contributed by atoms with E-state index in [-0.39, 0.29) is 0 Å². The third-order valence-electron chi connectivity index (χ3n) is 3.27. The normalized spacial score (nSPS) is 17.4. The van der Waals surface area contributed by atoms with Crippen LogP contribution < -0.4 is 5.32 Å². The van der Waals surface area contributed by atoms with Gasteiger partial charge >= 0.3 is 0 Å². The molecule has 0 aliphatic heterocycles. The highest BCUT2D eigenvalue weighted by atomic mass is 14.9. The predicted octanol–water partition coefficient (Wildman–Crippen LogP) is 2.63. The fraction of sp³-hybridized carbons (Fsp3) is 0.692. The average molecular weight is 219 g/mol. The summed E-state index contributed by atoms with van der Waals surface area (Å²) in [5, 5.41) is 3.52. The fourth-order valence-corrected chi connectivity index (χ4v) is 2.06. The summed E-state index contributed by atoms with van der Waals surface area (Å²) >= 11 is 0. The molecule has 3 nitrogen and oxygen atoms in total. The number of aryl methyl sites for hydroxylation is 1. The summed E-state index contributed by atoms with van der Waals surface area (Å²) in [4.78, 5) is 8.64. The molecule has 0 aromatic carbocycles. The lowest BCUT2D eigenvalue weighted by atomic mass is 10.1. The second kappa shape index (κ2) is 5.39. The Morgan fingerprint density at radius 3 is 2.81 bits per heavy atom. The molecule has 3 heteroatoms. The number of nitrogens with one attached hydrogen (secondary N) is 1. The van der Waals surface area contributed by atoms with E-state index < -0.39 is 0 Å². The van der Waals surface area contributed by atoms with Gasteiger partial charge in [-0.2, -0.15) is 0 Å². The number of hydrogen-bond acceptors (Lipinski definition) is 3. The molecule has 1 aromatic heterocycles. The Kier molecular flexibility index (Phi) is 3.88. The van der Waals surface area contributed by atoms with Gasteiger partial charge in [-0.3, -0.25) is 9.97 Å². The monoisotopic (exact) mass is 219 g/mol. The second-order valence-corrected chi connectivity index (χ2v) is 4.79. The Balaban J connectivity index is 1.73. The third kappa shape index (κ3) is 3.27.